The topological polar surface area (TPSA) is 102 Å². The number of anilines is 1. The molecule has 0 saturated carbocycles. The minimum Gasteiger partial charge on any atom is -0.369 e. The fraction of sp³-hybridized carbons (Fsp3) is 0.400. The number of hydrogen-bond donors (Lipinski definition) is 0. The maximum absolute atomic E-state index is 14.2. The molecule has 4 aromatic rings. The van der Waals surface area contributed by atoms with Crippen LogP contribution in [0.1, 0.15) is 58.8 Å². The Kier molecular flexibility index (Phi) is 7.58. The lowest BCUT2D eigenvalue weighted by molar-refractivity contribution is -0.138. The molecule has 0 aliphatic carbocycles. The molecule has 2 aliphatic heterocycles. The highest BCUT2D eigenvalue weighted by Gasteiger charge is 2.36. The monoisotopic (exact) mass is 670 g/mol. The summed E-state index contributed by atoms with van der Waals surface area (Å²) >= 11 is 2.93. The molecule has 0 radical (unpaired) electrons. The number of halogens is 4. The van der Waals surface area contributed by atoms with Crippen molar-refractivity contribution in [3.63, 3.8) is 0 Å². The third-order valence-electron chi connectivity index (χ3n) is 8.19. The average molecular weight is 672 g/mol. The molecule has 10 nitrogen and oxygen atoms in total. The molecule has 0 bridgehead atoms. The van der Waals surface area contributed by atoms with Crippen LogP contribution >= 0.6 is 15.9 Å². The normalized spacial score (nSPS) is 18.5. The number of fused-ring (bicyclic) bond motifs is 1. The first kappa shape index (κ1) is 30.0. The molecule has 1 amide bonds. The largest absolute Gasteiger partial charge is 0.417 e. The highest BCUT2D eigenvalue weighted by molar-refractivity contribution is 9.10. The fourth-order valence-corrected chi connectivity index (χ4v) is 6.35. The maximum Gasteiger partial charge on any atom is 0.417 e. The first-order valence-corrected chi connectivity index (χ1v) is 15.0. The molecule has 1 saturated heterocycles. The Bertz CT molecular complexity index is 1820. The Balaban J connectivity index is 1.42. The molecule has 2 aliphatic rings. The molecule has 3 aromatic heterocycles. The van der Waals surface area contributed by atoms with E-state index in [0.717, 1.165) is 37.0 Å². The average Bonchev–Trinajstić information content (AvgIpc) is 3.56. The lowest BCUT2D eigenvalue weighted by Crippen LogP contribution is -2.46. The van der Waals surface area contributed by atoms with Crippen molar-refractivity contribution in [2.24, 2.45) is 5.92 Å². The SMILES string of the molecule is Cc1cc(C)n(-c2nc3c(c(=O)n2-c2ncc(N4CC[C@H](C)C4)cn2)C[C@@H](C)N(C(=O)c2ccc(Br)c(C(F)(F)F)c2)C3)n1. The van der Waals surface area contributed by atoms with E-state index in [0.29, 0.717) is 22.9 Å². The first-order valence-electron chi connectivity index (χ1n) is 14.3. The summed E-state index contributed by atoms with van der Waals surface area (Å²) in [5, 5.41) is 4.54. The summed E-state index contributed by atoms with van der Waals surface area (Å²) in [5.74, 6) is 0.287. The molecular weight excluding hydrogens is 641 g/mol. The van der Waals surface area contributed by atoms with Crippen LogP contribution in [0.3, 0.4) is 0 Å². The summed E-state index contributed by atoms with van der Waals surface area (Å²) in [6.07, 6.45) is 0.00280. The van der Waals surface area contributed by atoms with Crippen LogP contribution in [0.2, 0.25) is 0 Å². The zero-order valence-corrected chi connectivity index (χ0v) is 26.1. The second-order valence-corrected chi connectivity index (χ2v) is 12.4. The van der Waals surface area contributed by atoms with Gasteiger partial charge in [-0.25, -0.2) is 24.2 Å². The summed E-state index contributed by atoms with van der Waals surface area (Å²) in [5.41, 5.74) is 1.60. The van der Waals surface area contributed by atoms with Gasteiger partial charge in [0, 0.05) is 40.4 Å². The van der Waals surface area contributed by atoms with E-state index in [9.17, 15) is 22.8 Å². The van der Waals surface area contributed by atoms with Gasteiger partial charge < -0.3 is 9.80 Å². The Hall–Kier alpha value is -4.07. The van der Waals surface area contributed by atoms with Crippen LogP contribution < -0.4 is 10.5 Å². The van der Waals surface area contributed by atoms with Gasteiger partial charge in [0.15, 0.2) is 0 Å². The van der Waals surface area contributed by atoms with Crippen LogP contribution in [0.5, 0.6) is 0 Å². The molecule has 6 rings (SSSR count). The van der Waals surface area contributed by atoms with Gasteiger partial charge in [-0.15, -0.1) is 0 Å². The standard InChI is InChI=1S/C30H30BrF3N8O2/c1-16-7-8-39(14-16)21-12-35-28(36-13-21)41-27(44)22-10-18(3)40(15-25(22)37-29(41)42-19(4)9-17(2)38-42)26(43)20-5-6-24(31)23(11-20)30(32,33)34/h5-6,9,11-13,16,18H,7-8,10,14-15H2,1-4H3/t16-,18+/m0/s1. The Morgan fingerprint density at radius 1 is 1.09 bits per heavy atom. The van der Waals surface area contributed by atoms with Crippen molar-refractivity contribution >= 4 is 27.5 Å². The molecule has 1 aromatic carbocycles. The summed E-state index contributed by atoms with van der Waals surface area (Å²) < 4.78 is 43.4. The second-order valence-electron chi connectivity index (χ2n) is 11.6. The van der Waals surface area contributed by atoms with Crippen molar-refractivity contribution in [1.29, 1.82) is 0 Å². The smallest absolute Gasteiger partial charge is 0.369 e. The van der Waals surface area contributed by atoms with Gasteiger partial charge in [0.25, 0.3) is 11.5 Å². The van der Waals surface area contributed by atoms with Gasteiger partial charge in [-0.1, -0.05) is 22.9 Å². The maximum atomic E-state index is 14.2. The van der Waals surface area contributed by atoms with E-state index < -0.39 is 23.7 Å². The molecule has 2 atom stereocenters. The lowest BCUT2D eigenvalue weighted by atomic mass is 9.98. The summed E-state index contributed by atoms with van der Waals surface area (Å²) in [6.45, 7) is 9.35. The van der Waals surface area contributed by atoms with Crippen LogP contribution in [0.4, 0.5) is 18.9 Å². The zero-order chi connectivity index (χ0) is 31.5. The minimum atomic E-state index is -4.64. The van der Waals surface area contributed by atoms with Crippen LogP contribution in [0, 0.1) is 19.8 Å². The molecule has 0 spiro atoms. The number of benzene rings is 1. The van der Waals surface area contributed by atoms with Crippen LogP contribution in [-0.2, 0) is 19.1 Å². The molecule has 44 heavy (non-hydrogen) atoms. The summed E-state index contributed by atoms with van der Waals surface area (Å²) in [4.78, 5) is 45.3. The minimum absolute atomic E-state index is 0.0674. The third kappa shape index (κ3) is 5.39. The van der Waals surface area contributed by atoms with Crippen LogP contribution in [0.15, 0.2) is 45.9 Å². The van der Waals surface area contributed by atoms with E-state index in [4.69, 9.17) is 4.98 Å². The van der Waals surface area contributed by atoms with E-state index in [1.807, 2.05) is 19.9 Å². The molecule has 230 valence electrons. The van der Waals surface area contributed by atoms with Gasteiger partial charge in [-0.3, -0.25) is 9.59 Å². The van der Waals surface area contributed by atoms with Gasteiger partial charge >= 0.3 is 6.18 Å². The Morgan fingerprint density at radius 3 is 2.43 bits per heavy atom. The molecule has 14 heteroatoms. The van der Waals surface area contributed by atoms with E-state index in [2.05, 4.69) is 42.8 Å². The quantitative estimate of drug-likeness (QED) is 0.300. The van der Waals surface area contributed by atoms with Gasteiger partial charge in [0.05, 0.1) is 41.6 Å². The highest BCUT2D eigenvalue weighted by atomic mass is 79.9. The number of carbonyl (C=O) groups is 1. The predicted molar refractivity (Wildman–Crippen MR) is 160 cm³/mol. The number of aromatic nitrogens is 6. The number of rotatable bonds is 4. The van der Waals surface area contributed by atoms with Crippen molar-refractivity contribution < 1.29 is 18.0 Å². The van der Waals surface area contributed by atoms with Crippen molar-refractivity contribution in [3.8, 4) is 11.9 Å². The van der Waals surface area contributed by atoms with Crippen LogP contribution in [-0.4, -0.2) is 59.2 Å². The molecule has 0 N–H and O–H groups in total. The second kappa shape index (κ2) is 11.1. The lowest BCUT2D eigenvalue weighted by Gasteiger charge is -2.34. The number of alkyl halides is 3. The van der Waals surface area contributed by atoms with Gasteiger partial charge in [0.1, 0.15) is 0 Å². The van der Waals surface area contributed by atoms with E-state index in [-0.39, 0.29) is 40.5 Å². The number of carbonyl (C=O) groups excluding carboxylic acids is 1. The zero-order valence-electron chi connectivity index (χ0n) is 24.6. The van der Waals surface area contributed by atoms with Crippen molar-refractivity contribution in [2.75, 3.05) is 18.0 Å². The fourth-order valence-electron chi connectivity index (χ4n) is 5.88. The highest BCUT2D eigenvalue weighted by Crippen LogP contribution is 2.36. The molecule has 1 fully saturated rings. The summed E-state index contributed by atoms with van der Waals surface area (Å²) in [7, 11) is 0. The number of hydrogen-bond acceptors (Lipinski definition) is 7. The van der Waals surface area contributed by atoms with E-state index >= 15 is 0 Å². The predicted octanol–water partition coefficient (Wildman–Crippen LogP) is 5.04. The van der Waals surface area contributed by atoms with Crippen molar-refractivity contribution in [1.82, 2.24) is 34.2 Å². The Morgan fingerprint density at radius 2 is 1.82 bits per heavy atom. The van der Waals surface area contributed by atoms with Crippen molar-refractivity contribution in [2.45, 2.75) is 59.3 Å². The number of nitrogens with zero attached hydrogens (tertiary/aromatic N) is 8. The molecule has 5 heterocycles. The van der Waals surface area contributed by atoms with Gasteiger partial charge in [0.2, 0.25) is 11.9 Å². The van der Waals surface area contributed by atoms with E-state index in [1.165, 1.54) is 26.3 Å². The van der Waals surface area contributed by atoms with Crippen molar-refractivity contribution in [3.05, 3.63) is 85.3 Å². The third-order valence-corrected chi connectivity index (χ3v) is 8.88. The summed E-state index contributed by atoms with van der Waals surface area (Å²) in [6, 6.07) is 4.76. The van der Waals surface area contributed by atoms with Gasteiger partial charge in [-0.05, 0) is 63.8 Å². The molecule has 0 unspecified atom stereocenters. The first-order chi connectivity index (χ1) is 20.8. The number of amides is 1. The molecular formula is C30H30BrF3N8O2. The number of aryl methyl sites for hydroxylation is 2. The Labute approximate surface area is 259 Å². The van der Waals surface area contributed by atoms with E-state index in [1.54, 1.807) is 19.3 Å². The van der Waals surface area contributed by atoms with Gasteiger partial charge in [-0.2, -0.15) is 18.3 Å². The van der Waals surface area contributed by atoms with Crippen LogP contribution in [0.25, 0.3) is 11.9 Å².